The van der Waals surface area contributed by atoms with Crippen LogP contribution in [0.3, 0.4) is 0 Å². The predicted octanol–water partition coefficient (Wildman–Crippen LogP) is 2.27. The van der Waals surface area contributed by atoms with E-state index in [1.165, 1.54) is 0 Å². The zero-order valence-electron chi connectivity index (χ0n) is 17.2. The van der Waals surface area contributed by atoms with Crippen molar-refractivity contribution in [2.75, 3.05) is 0 Å². The van der Waals surface area contributed by atoms with Gasteiger partial charge in [0.1, 0.15) is 6.10 Å². The number of hydrogen-bond donors (Lipinski definition) is 3. The van der Waals surface area contributed by atoms with Crippen LogP contribution >= 0.6 is 0 Å². The summed E-state index contributed by atoms with van der Waals surface area (Å²) in [6, 6.07) is 0.0150. The number of nitrogens with two attached hydrogens (primary N) is 1. The second-order valence-electron chi connectivity index (χ2n) is 7.89. The van der Waals surface area contributed by atoms with Gasteiger partial charge in [-0.3, -0.25) is 9.59 Å². The molecule has 0 spiro atoms. The second kappa shape index (κ2) is 8.21. The lowest BCUT2D eigenvalue weighted by atomic mass is 9.77. The number of benzene rings is 1. The molecule has 4 N–H and O–H groups in total. The first-order valence-electron chi connectivity index (χ1n) is 9.56. The van der Waals surface area contributed by atoms with Crippen molar-refractivity contribution in [2.24, 2.45) is 11.7 Å². The average Bonchev–Trinajstić information content (AvgIpc) is 3.00. The first kappa shape index (κ1) is 24.3. The highest BCUT2D eigenvalue weighted by Gasteiger charge is 2.65. The maximum absolute atomic E-state index is 14.0. The molecule has 1 aromatic rings. The molecule has 0 radical (unpaired) electrons. The minimum atomic E-state index is -4.96. The fourth-order valence-electron chi connectivity index (χ4n) is 3.90. The van der Waals surface area contributed by atoms with Crippen molar-refractivity contribution in [2.45, 2.75) is 43.7 Å². The van der Waals surface area contributed by atoms with Crippen LogP contribution in [-0.4, -0.2) is 45.6 Å². The Labute approximate surface area is 183 Å². The highest BCUT2D eigenvalue weighted by Crippen LogP contribution is 2.54. The van der Waals surface area contributed by atoms with Crippen LogP contribution < -0.4 is 11.1 Å². The van der Waals surface area contributed by atoms with E-state index in [-0.39, 0.29) is 10.5 Å². The summed E-state index contributed by atoms with van der Waals surface area (Å²) in [7, 11) is 0. The Morgan fingerprint density at radius 3 is 2.48 bits per heavy atom. The van der Waals surface area contributed by atoms with Crippen LogP contribution in [0.4, 0.5) is 22.0 Å². The molecule has 2 amide bonds. The number of amides is 2. The van der Waals surface area contributed by atoms with E-state index in [0.717, 1.165) is 31.3 Å². The minimum absolute atomic E-state index is 0.124. The maximum Gasteiger partial charge on any atom is 0.417 e. The van der Waals surface area contributed by atoms with Gasteiger partial charge in [0.25, 0.3) is 11.8 Å². The molecule has 0 aromatic heterocycles. The molecule has 2 aliphatic rings. The van der Waals surface area contributed by atoms with Crippen LogP contribution in [0.25, 0.3) is 0 Å². The predicted molar refractivity (Wildman–Crippen MR) is 101 cm³/mol. The number of hydrogen-bond acceptors (Lipinski definition) is 5. The lowest BCUT2D eigenvalue weighted by molar-refractivity contribution is -0.495. The van der Waals surface area contributed by atoms with Crippen LogP contribution in [0.2, 0.25) is 0 Å². The number of primary amides is 1. The van der Waals surface area contributed by atoms with E-state index in [4.69, 9.17) is 10.5 Å². The Kier molecular flexibility index (Phi) is 6.04. The number of halogens is 5. The zero-order valence-corrected chi connectivity index (χ0v) is 17.2. The topological polar surface area (TPSA) is 122 Å². The van der Waals surface area contributed by atoms with Gasteiger partial charge in [-0.2, -0.15) is 17.6 Å². The molecule has 5 atom stereocenters. The number of carbonyl (C=O) groups is 2. The van der Waals surface area contributed by atoms with Gasteiger partial charge in [0.15, 0.2) is 17.2 Å². The summed E-state index contributed by atoms with van der Waals surface area (Å²) in [6.07, 6.45) is -3.93. The quantitative estimate of drug-likeness (QED) is 0.455. The van der Waals surface area contributed by atoms with Crippen molar-refractivity contribution >= 4 is 11.8 Å². The fourth-order valence-corrected chi connectivity index (χ4v) is 3.90. The maximum atomic E-state index is 14.0. The van der Waals surface area contributed by atoms with Crippen molar-refractivity contribution in [3.8, 4) is 5.75 Å². The van der Waals surface area contributed by atoms with E-state index >= 15 is 0 Å². The van der Waals surface area contributed by atoms with Gasteiger partial charge in [-0.1, -0.05) is 13.0 Å². The lowest BCUT2D eigenvalue weighted by Crippen LogP contribution is -2.47. The largest absolute Gasteiger partial charge is 0.505 e. The highest BCUT2D eigenvalue weighted by molar-refractivity contribution is 5.86. The van der Waals surface area contributed by atoms with Crippen molar-refractivity contribution in [1.82, 2.24) is 5.32 Å². The number of allylic oxidation sites excluding steroid dienone is 1. The van der Waals surface area contributed by atoms with Gasteiger partial charge in [-0.25, -0.2) is 4.39 Å². The van der Waals surface area contributed by atoms with Gasteiger partial charge in [-0.15, -0.1) is 0 Å². The molecule has 0 saturated carbocycles. The number of alkyl halides is 3. The van der Waals surface area contributed by atoms with Gasteiger partial charge < -0.3 is 20.9 Å². The molecule has 1 unspecified atom stereocenters. The summed E-state index contributed by atoms with van der Waals surface area (Å²) in [5.41, 5.74) is 1.64. The molecule has 3 rings (SSSR count). The third-order valence-corrected chi connectivity index (χ3v) is 5.96. The lowest BCUT2D eigenvalue weighted by Gasteiger charge is -2.31. The van der Waals surface area contributed by atoms with E-state index in [0.29, 0.717) is 13.0 Å². The summed E-state index contributed by atoms with van der Waals surface area (Å²) >= 11 is 0. The number of phenols is 1. The molecule has 33 heavy (non-hydrogen) atoms. The summed E-state index contributed by atoms with van der Waals surface area (Å²) in [6.45, 7) is 1.80. The Morgan fingerprint density at radius 1 is 1.27 bits per heavy atom. The number of ether oxygens (including phenoxy) is 1. The fraction of sp³-hybridized carbons (Fsp3) is 0.400. The van der Waals surface area contributed by atoms with Crippen molar-refractivity contribution < 1.29 is 46.1 Å². The molecule has 0 bridgehead atoms. The summed E-state index contributed by atoms with van der Waals surface area (Å²) in [5, 5.41) is 12.3. The van der Waals surface area contributed by atoms with Gasteiger partial charge in [-0.05, 0) is 13.0 Å². The van der Waals surface area contributed by atoms with Gasteiger partial charge in [0.05, 0.1) is 5.70 Å². The summed E-state index contributed by atoms with van der Waals surface area (Å²) in [5.74, 6) is -9.59. The smallest absolute Gasteiger partial charge is 0.417 e. The average molecular weight is 476 g/mol. The summed E-state index contributed by atoms with van der Waals surface area (Å²) in [4.78, 5) is 35.9. The number of nitrogens with zero attached hydrogens (tertiary/aromatic N) is 1. The number of phenolic OH excluding ortho intramolecular Hbond substituents is 1. The second-order valence-corrected chi connectivity index (χ2v) is 7.89. The molecular weight excluding hydrogens is 457 g/mol. The molecule has 178 valence electrons. The molecule has 2 aliphatic heterocycles. The van der Waals surface area contributed by atoms with E-state index in [9.17, 15) is 41.6 Å². The monoisotopic (exact) mass is 476 g/mol. The Hall–Kier alpha value is -3.35. The molecule has 1 fully saturated rings. The molecule has 2 heterocycles. The van der Waals surface area contributed by atoms with E-state index in [2.05, 4.69) is 5.32 Å². The molecule has 1 saturated heterocycles. The number of carbonyl (C=O) groups excluding carboxylic acids is 2. The number of nitrogens with one attached hydrogen (secondary N) is 1. The molecule has 8 nitrogen and oxygen atoms in total. The Bertz CT molecular complexity index is 1090. The molecule has 13 heteroatoms. The van der Waals surface area contributed by atoms with Crippen LogP contribution in [-0.2, 0) is 14.3 Å². The van der Waals surface area contributed by atoms with Crippen molar-refractivity contribution in [3.05, 3.63) is 58.3 Å². The normalized spacial score (nSPS) is 29.7. The van der Waals surface area contributed by atoms with Gasteiger partial charge in [0, 0.05) is 39.2 Å². The first-order valence-corrected chi connectivity index (χ1v) is 9.56. The SMILES string of the molecule is C[C@H]1[C@H](c2ccc(F)c(F)c2O)[C@H](C(=O)NC2=CC(C(N)=O)[N+](=O)C=C2)O[C@]1(C)C(F)(F)F. The highest BCUT2D eigenvalue weighted by atomic mass is 19.4. The van der Waals surface area contributed by atoms with Crippen molar-refractivity contribution in [3.63, 3.8) is 0 Å². The zero-order chi connectivity index (χ0) is 24.9. The third-order valence-electron chi connectivity index (χ3n) is 5.96. The van der Waals surface area contributed by atoms with Crippen LogP contribution in [0.1, 0.15) is 25.3 Å². The number of rotatable bonds is 4. The Balaban J connectivity index is 2.02. The molecule has 0 aliphatic carbocycles. The molecular formula is C20H19F5N3O5+. The van der Waals surface area contributed by atoms with E-state index in [1.807, 2.05) is 0 Å². The Morgan fingerprint density at radius 2 is 1.91 bits per heavy atom. The minimum Gasteiger partial charge on any atom is -0.505 e. The standard InChI is InChI=1S/C20H18F5N3O5/c1-8-13(10-3-4-11(21)14(22)15(10)29)16(33-19(8,2)20(23,24)25)18(31)27-9-5-6-28(32)12(7-9)17(26)30/h3-8,12-13,16H,1-2H3,(H3-,26,27,29,30,31)/p+1/t8-,12?,13+,16+,19-/m0/s1. The van der Waals surface area contributed by atoms with Gasteiger partial charge >= 0.3 is 12.2 Å². The number of nitroso groups, excluding NO2 is 1. The van der Waals surface area contributed by atoms with E-state index in [1.54, 1.807) is 0 Å². The van der Waals surface area contributed by atoms with Crippen LogP contribution in [0.5, 0.6) is 5.75 Å². The summed E-state index contributed by atoms with van der Waals surface area (Å²) < 4.78 is 74.3. The van der Waals surface area contributed by atoms with Gasteiger partial charge in [0.2, 0.25) is 12.0 Å². The first-order chi connectivity index (χ1) is 15.2. The van der Waals surface area contributed by atoms with E-state index < -0.39 is 70.5 Å². The van der Waals surface area contributed by atoms with Crippen LogP contribution in [0, 0.1) is 22.5 Å². The van der Waals surface area contributed by atoms with Crippen molar-refractivity contribution in [1.29, 1.82) is 0 Å². The number of aromatic hydroxyl groups is 1. The third kappa shape index (κ3) is 4.08. The van der Waals surface area contributed by atoms with Crippen LogP contribution in [0.15, 0.2) is 36.2 Å². The molecule has 1 aromatic carbocycles.